The van der Waals surface area contributed by atoms with E-state index in [1.54, 1.807) is 16.4 Å². The molecule has 0 saturated carbocycles. The minimum absolute atomic E-state index is 0.0512. The van der Waals surface area contributed by atoms with Gasteiger partial charge in [0.15, 0.2) is 0 Å². The quantitative estimate of drug-likeness (QED) is 0.422. The zero-order valence-electron chi connectivity index (χ0n) is 24.4. The molecule has 6 rings (SSSR count). The highest BCUT2D eigenvalue weighted by atomic mass is 32.2. The number of likely N-dealkylation sites (tertiary alicyclic amines) is 1. The van der Waals surface area contributed by atoms with Gasteiger partial charge in [-0.3, -0.25) is 9.69 Å². The molecule has 2 heterocycles. The van der Waals surface area contributed by atoms with E-state index < -0.39 is 15.6 Å². The van der Waals surface area contributed by atoms with Crippen LogP contribution in [0.25, 0.3) is 0 Å². The van der Waals surface area contributed by atoms with E-state index in [2.05, 4.69) is 22.3 Å². The zero-order chi connectivity index (χ0) is 29.2. The molecule has 0 bridgehead atoms. The van der Waals surface area contributed by atoms with Crippen molar-refractivity contribution < 1.29 is 17.9 Å². The van der Waals surface area contributed by atoms with Crippen molar-refractivity contribution in [3.8, 4) is 0 Å². The summed E-state index contributed by atoms with van der Waals surface area (Å²) in [6.45, 7) is 4.08. The van der Waals surface area contributed by atoms with Gasteiger partial charge >= 0.3 is 0 Å². The number of rotatable bonds is 7. The van der Waals surface area contributed by atoms with Crippen molar-refractivity contribution in [1.82, 2.24) is 9.21 Å². The number of ether oxygens (including phenoxy) is 1. The Morgan fingerprint density at radius 2 is 1.71 bits per heavy atom. The van der Waals surface area contributed by atoms with Crippen LogP contribution in [0.2, 0.25) is 0 Å². The summed E-state index contributed by atoms with van der Waals surface area (Å²) in [7, 11) is -3.76. The van der Waals surface area contributed by atoms with E-state index in [-0.39, 0.29) is 25.0 Å². The molecule has 7 nitrogen and oxygen atoms in total. The number of nitrogens with zero attached hydrogens (tertiary/aromatic N) is 2. The van der Waals surface area contributed by atoms with Gasteiger partial charge in [-0.1, -0.05) is 54.1 Å². The molecule has 42 heavy (non-hydrogen) atoms. The minimum atomic E-state index is -3.76. The van der Waals surface area contributed by atoms with Crippen LogP contribution in [-0.4, -0.2) is 68.0 Å². The van der Waals surface area contributed by atoms with Gasteiger partial charge in [0.2, 0.25) is 15.9 Å². The average Bonchev–Trinajstić information content (AvgIpc) is 2.99. The van der Waals surface area contributed by atoms with Gasteiger partial charge in [-0.15, -0.1) is 0 Å². The van der Waals surface area contributed by atoms with E-state index in [1.807, 2.05) is 55.5 Å². The van der Waals surface area contributed by atoms with Gasteiger partial charge in [-0.2, -0.15) is 4.31 Å². The molecule has 1 aliphatic carbocycles. The molecule has 3 aromatic rings. The third-order valence-corrected chi connectivity index (χ3v) is 10.9. The summed E-state index contributed by atoms with van der Waals surface area (Å²) in [4.78, 5) is 15.5. The molecule has 3 aliphatic rings. The summed E-state index contributed by atoms with van der Waals surface area (Å²) in [5, 5.41) is 3.10. The number of benzene rings is 3. The Hall–Kier alpha value is -3.04. The fourth-order valence-electron chi connectivity index (χ4n) is 6.78. The third-order valence-electron chi connectivity index (χ3n) is 8.99. The van der Waals surface area contributed by atoms with E-state index in [1.165, 1.54) is 24.0 Å². The van der Waals surface area contributed by atoms with Gasteiger partial charge in [0, 0.05) is 18.8 Å². The highest BCUT2D eigenvalue weighted by Gasteiger charge is 2.47. The molecule has 2 aliphatic heterocycles. The Kier molecular flexibility index (Phi) is 8.50. The number of sulfonamides is 1. The van der Waals surface area contributed by atoms with Gasteiger partial charge in [0.05, 0.1) is 29.7 Å². The number of fused-ring (bicyclic) bond motifs is 1. The number of carbonyl (C=O) groups excluding carboxylic acids is 1. The van der Waals surface area contributed by atoms with Crippen molar-refractivity contribution >= 4 is 21.6 Å². The number of aryl methyl sites for hydroxylation is 3. The number of anilines is 1. The fourth-order valence-corrected chi connectivity index (χ4v) is 8.46. The Bertz CT molecular complexity index is 1510. The first kappa shape index (κ1) is 29.1. The molecule has 0 aromatic heterocycles. The Labute approximate surface area is 249 Å². The van der Waals surface area contributed by atoms with Crippen LogP contribution in [0.1, 0.15) is 47.9 Å². The van der Waals surface area contributed by atoms with Crippen LogP contribution in [0, 0.1) is 6.92 Å². The second kappa shape index (κ2) is 12.3. The van der Waals surface area contributed by atoms with Crippen LogP contribution < -0.4 is 5.32 Å². The van der Waals surface area contributed by atoms with Crippen molar-refractivity contribution in [3.63, 3.8) is 0 Å². The van der Waals surface area contributed by atoms with E-state index in [0.29, 0.717) is 24.5 Å². The third kappa shape index (κ3) is 6.47. The molecule has 1 N–H and O–H groups in total. The molecule has 1 amide bonds. The Morgan fingerprint density at radius 3 is 2.50 bits per heavy atom. The first-order valence-corrected chi connectivity index (χ1v) is 16.6. The first-order chi connectivity index (χ1) is 20.3. The molecule has 2 atom stereocenters. The summed E-state index contributed by atoms with van der Waals surface area (Å²) in [6, 6.07) is 23.0. The van der Waals surface area contributed by atoms with E-state index >= 15 is 0 Å². The highest BCUT2D eigenvalue weighted by molar-refractivity contribution is 7.89. The topological polar surface area (TPSA) is 79.0 Å². The van der Waals surface area contributed by atoms with E-state index in [4.69, 9.17) is 4.74 Å². The maximum atomic E-state index is 14.1. The van der Waals surface area contributed by atoms with E-state index in [9.17, 15) is 13.2 Å². The molecule has 222 valence electrons. The molecule has 2 saturated heterocycles. The molecule has 1 spiro atoms. The van der Waals surface area contributed by atoms with Gasteiger partial charge in [0.25, 0.3) is 0 Å². The zero-order valence-corrected chi connectivity index (χ0v) is 25.2. The van der Waals surface area contributed by atoms with Crippen LogP contribution >= 0.6 is 0 Å². The standard InChI is InChI=1S/C34H41N3O4S/c1-26-12-16-32(17-13-26)42(39,40)37-25-34(41-23-31(37)20-27-8-3-2-4-9-27)18-7-19-36(24-34)22-33(38)35-30-15-14-28-10-5-6-11-29(28)21-30/h2-4,8-9,12-17,21,31H,5-7,10-11,18-20,22-25H2,1H3,(H,35,38)/t31-,34?/m0/s1. The number of carbonyl (C=O) groups is 1. The molecule has 1 unspecified atom stereocenters. The van der Waals surface area contributed by atoms with Crippen LogP contribution in [0.5, 0.6) is 0 Å². The van der Waals surface area contributed by atoms with Gasteiger partial charge in [-0.25, -0.2) is 8.42 Å². The van der Waals surface area contributed by atoms with Crippen LogP contribution in [0.15, 0.2) is 77.7 Å². The molecule has 8 heteroatoms. The summed E-state index contributed by atoms with van der Waals surface area (Å²) < 4.78 is 36.4. The second-order valence-corrected chi connectivity index (χ2v) is 14.1. The van der Waals surface area contributed by atoms with Crippen LogP contribution in [0.3, 0.4) is 0 Å². The van der Waals surface area contributed by atoms with Gasteiger partial charge in [0.1, 0.15) is 0 Å². The molecule has 3 aromatic carbocycles. The van der Waals surface area contributed by atoms with Crippen molar-refractivity contribution in [2.45, 2.75) is 68.4 Å². The first-order valence-electron chi connectivity index (χ1n) is 15.2. The highest BCUT2D eigenvalue weighted by Crippen LogP contribution is 2.35. The number of hydrogen-bond acceptors (Lipinski definition) is 5. The number of amides is 1. The lowest BCUT2D eigenvalue weighted by atomic mass is 9.90. The van der Waals surface area contributed by atoms with Crippen molar-refractivity contribution in [2.24, 2.45) is 0 Å². The lowest BCUT2D eigenvalue weighted by Crippen LogP contribution is -2.64. The smallest absolute Gasteiger partial charge is 0.243 e. The van der Waals surface area contributed by atoms with Gasteiger partial charge in [-0.05, 0) is 99.4 Å². The molecule has 2 fully saturated rings. The lowest BCUT2D eigenvalue weighted by Gasteiger charge is -2.50. The number of nitrogens with one attached hydrogen (secondary N) is 1. The predicted molar refractivity (Wildman–Crippen MR) is 165 cm³/mol. The minimum Gasteiger partial charge on any atom is -0.371 e. The van der Waals surface area contributed by atoms with E-state index in [0.717, 1.165) is 49.0 Å². The predicted octanol–water partition coefficient (Wildman–Crippen LogP) is 4.98. The Balaban J connectivity index is 1.18. The monoisotopic (exact) mass is 587 g/mol. The second-order valence-electron chi connectivity index (χ2n) is 12.3. The number of hydrogen-bond donors (Lipinski definition) is 1. The summed E-state index contributed by atoms with van der Waals surface area (Å²) >= 11 is 0. The maximum Gasteiger partial charge on any atom is 0.243 e. The molecule has 0 radical (unpaired) electrons. The van der Waals surface area contributed by atoms with Gasteiger partial charge < -0.3 is 10.1 Å². The fraction of sp³-hybridized carbons (Fsp3) is 0.441. The van der Waals surface area contributed by atoms with Crippen LogP contribution in [-0.2, 0) is 38.8 Å². The van der Waals surface area contributed by atoms with Crippen LogP contribution in [0.4, 0.5) is 5.69 Å². The van der Waals surface area contributed by atoms with Crippen molar-refractivity contribution in [1.29, 1.82) is 0 Å². The molecular weight excluding hydrogens is 546 g/mol. The summed E-state index contributed by atoms with van der Waals surface area (Å²) in [6.07, 6.45) is 6.79. The van der Waals surface area contributed by atoms with Crippen molar-refractivity contribution in [3.05, 3.63) is 95.1 Å². The Morgan fingerprint density at radius 1 is 0.952 bits per heavy atom. The summed E-state index contributed by atoms with van der Waals surface area (Å²) in [5.74, 6) is -0.0512. The normalized spacial score (nSPS) is 23.4. The summed E-state index contributed by atoms with van der Waals surface area (Å²) in [5.41, 5.74) is 5.02. The largest absolute Gasteiger partial charge is 0.371 e. The molecular formula is C34H41N3O4S. The maximum absolute atomic E-state index is 14.1. The average molecular weight is 588 g/mol. The SMILES string of the molecule is Cc1ccc(S(=O)(=O)N2CC3(CCCN(CC(=O)Nc4ccc5c(c4)CCCC5)C3)OC[C@@H]2Cc2ccccc2)cc1. The lowest BCUT2D eigenvalue weighted by molar-refractivity contribution is -0.144. The number of piperidine rings is 1. The van der Waals surface area contributed by atoms with Crippen molar-refractivity contribution in [2.75, 3.05) is 38.1 Å². The number of morpholine rings is 1.